The quantitative estimate of drug-likeness (QED) is 0.686. The van der Waals surface area contributed by atoms with Gasteiger partial charge in [-0.25, -0.2) is 8.78 Å². The third kappa shape index (κ3) is 3.53. The molecule has 126 valence electrons. The summed E-state index contributed by atoms with van der Waals surface area (Å²) in [4.78, 5) is 12.3. The number of allylic oxidation sites excluding steroid dienone is 1. The molecule has 0 bridgehead atoms. The van der Waals surface area contributed by atoms with Crippen molar-refractivity contribution in [1.82, 2.24) is 0 Å². The van der Waals surface area contributed by atoms with E-state index in [-0.39, 0.29) is 39.5 Å². The average Bonchev–Trinajstić information content (AvgIpc) is 2.96. The van der Waals surface area contributed by atoms with Gasteiger partial charge in [0.05, 0.1) is 5.92 Å². The highest BCUT2D eigenvalue weighted by Crippen LogP contribution is 2.60. The van der Waals surface area contributed by atoms with E-state index in [2.05, 4.69) is 0 Å². The molecule has 1 aromatic carbocycles. The average molecular weight is 363 g/mol. The number of hydrogen-bond donors (Lipinski definition) is 0. The van der Waals surface area contributed by atoms with Gasteiger partial charge in [-0.1, -0.05) is 37.0 Å². The predicted molar refractivity (Wildman–Crippen MR) is 86.2 cm³/mol. The summed E-state index contributed by atoms with van der Waals surface area (Å²) in [7, 11) is 0. The molecule has 6 heteroatoms. The van der Waals surface area contributed by atoms with E-state index in [1.165, 1.54) is 13.8 Å². The smallest absolute Gasteiger partial charge is 0.310 e. The van der Waals surface area contributed by atoms with Gasteiger partial charge in [-0.3, -0.25) is 4.79 Å². The number of ether oxygens (including phenoxy) is 1. The van der Waals surface area contributed by atoms with Gasteiger partial charge < -0.3 is 4.74 Å². The molecule has 1 fully saturated rings. The highest BCUT2D eigenvalue weighted by molar-refractivity contribution is 6.55. The van der Waals surface area contributed by atoms with Crippen molar-refractivity contribution in [2.75, 3.05) is 0 Å². The van der Waals surface area contributed by atoms with Crippen LogP contribution >= 0.6 is 23.2 Å². The topological polar surface area (TPSA) is 26.3 Å². The zero-order valence-corrected chi connectivity index (χ0v) is 14.9. The maximum absolute atomic E-state index is 13.6. The monoisotopic (exact) mass is 362 g/mol. The number of carbonyl (C=O) groups is 1. The van der Waals surface area contributed by atoms with Crippen LogP contribution in [0.2, 0.25) is 0 Å². The summed E-state index contributed by atoms with van der Waals surface area (Å²) in [5.74, 6) is -2.20. The molecule has 0 N–H and O–H groups in total. The Labute approximate surface area is 144 Å². The van der Waals surface area contributed by atoms with Crippen LogP contribution in [0.4, 0.5) is 8.78 Å². The van der Waals surface area contributed by atoms with Gasteiger partial charge in [0.15, 0.2) is 0 Å². The number of rotatable bonds is 4. The number of benzene rings is 1. The van der Waals surface area contributed by atoms with Crippen LogP contribution in [-0.2, 0) is 16.1 Å². The molecule has 2 rings (SSSR count). The van der Waals surface area contributed by atoms with Crippen molar-refractivity contribution < 1.29 is 18.3 Å². The second kappa shape index (κ2) is 6.40. The molecule has 0 aliphatic heterocycles. The summed E-state index contributed by atoms with van der Waals surface area (Å²) in [5.41, 5.74) is 0.624. The maximum Gasteiger partial charge on any atom is 0.310 e. The van der Waals surface area contributed by atoms with E-state index in [9.17, 15) is 13.6 Å². The summed E-state index contributed by atoms with van der Waals surface area (Å²) in [5, 5.41) is 0. The van der Waals surface area contributed by atoms with Crippen LogP contribution in [0.25, 0.3) is 0 Å². The van der Waals surface area contributed by atoms with Gasteiger partial charge in [0.25, 0.3) is 0 Å². The van der Waals surface area contributed by atoms with E-state index < -0.39 is 17.6 Å². The van der Waals surface area contributed by atoms with E-state index in [0.717, 1.165) is 6.07 Å². The zero-order chi connectivity index (χ0) is 17.5. The van der Waals surface area contributed by atoms with E-state index in [0.29, 0.717) is 5.56 Å². The molecular weight excluding hydrogens is 345 g/mol. The van der Waals surface area contributed by atoms with Gasteiger partial charge in [-0.05, 0) is 42.4 Å². The molecule has 2 nitrogen and oxygen atoms in total. The van der Waals surface area contributed by atoms with Crippen molar-refractivity contribution in [2.45, 2.75) is 34.3 Å². The fourth-order valence-corrected chi connectivity index (χ4v) is 3.19. The zero-order valence-electron chi connectivity index (χ0n) is 13.3. The highest BCUT2D eigenvalue weighted by atomic mass is 35.5. The first-order valence-corrected chi connectivity index (χ1v) is 7.96. The molecule has 0 saturated heterocycles. The van der Waals surface area contributed by atoms with Gasteiger partial charge in [0.1, 0.15) is 22.7 Å². The molecule has 1 aliphatic rings. The molecule has 1 aromatic rings. The Morgan fingerprint density at radius 1 is 1.26 bits per heavy atom. The normalized spacial score (nSPS) is 21.7. The van der Waals surface area contributed by atoms with E-state index >= 15 is 0 Å². The fraction of sp³-hybridized carbons (Fsp3) is 0.471. The Morgan fingerprint density at radius 3 is 2.26 bits per heavy atom. The minimum Gasteiger partial charge on any atom is -0.461 e. The summed E-state index contributed by atoms with van der Waals surface area (Å²) in [6, 6.07) is 0.837. The fourth-order valence-electron chi connectivity index (χ4n) is 2.92. The van der Waals surface area contributed by atoms with Crippen molar-refractivity contribution in [3.8, 4) is 0 Å². The molecule has 1 saturated carbocycles. The Hall–Kier alpha value is -1.13. The molecule has 0 unspecified atom stereocenters. The lowest BCUT2D eigenvalue weighted by Crippen LogP contribution is -2.12. The van der Waals surface area contributed by atoms with Crippen molar-refractivity contribution in [1.29, 1.82) is 0 Å². The number of hydrogen-bond acceptors (Lipinski definition) is 2. The van der Waals surface area contributed by atoms with Gasteiger partial charge in [0.2, 0.25) is 0 Å². The maximum atomic E-state index is 13.6. The molecule has 1 aliphatic carbocycles. The lowest BCUT2D eigenvalue weighted by molar-refractivity contribution is -0.147. The summed E-state index contributed by atoms with van der Waals surface area (Å²) < 4.78 is 32.6. The summed E-state index contributed by atoms with van der Waals surface area (Å²) in [6.07, 6.45) is 1.62. The van der Waals surface area contributed by atoms with Crippen molar-refractivity contribution >= 4 is 29.2 Å². The van der Waals surface area contributed by atoms with Gasteiger partial charge in [-0.15, -0.1) is 0 Å². The number of carbonyl (C=O) groups excluding carboxylic acids is 1. The molecule has 2 atom stereocenters. The molecule has 0 aromatic heterocycles. The van der Waals surface area contributed by atoms with E-state index in [1.54, 1.807) is 6.08 Å². The first-order chi connectivity index (χ1) is 10.6. The van der Waals surface area contributed by atoms with E-state index in [1.807, 2.05) is 13.8 Å². The van der Waals surface area contributed by atoms with Crippen LogP contribution < -0.4 is 0 Å². The lowest BCUT2D eigenvalue weighted by Gasteiger charge is -2.12. The summed E-state index contributed by atoms with van der Waals surface area (Å²) >= 11 is 11.3. The van der Waals surface area contributed by atoms with Crippen LogP contribution in [0.5, 0.6) is 0 Å². The third-order valence-corrected chi connectivity index (χ3v) is 4.96. The van der Waals surface area contributed by atoms with Crippen LogP contribution in [0.1, 0.15) is 30.5 Å². The Balaban J connectivity index is 2.11. The molecule has 0 radical (unpaired) electrons. The van der Waals surface area contributed by atoms with Crippen molar-refractivity contribution in [3.05, 3.63) is 45.0 Å². The Kier molecular flexibility index (Phi) is 5.07. The standard InChI is InChI=1S/C17H18Cl2F2O2/c1-8-10(9(2)13(21)6-12(8)20)7-23-16(22)15-11(5-14(18)19)17(15,3)4/h5-6,11,15H,7H2,1-4H3/t11-,15+/m1/s1. The first-order valence-electron chi connectivity index (χ1n) is 7.21. The number of halogens is 4. The molecule has 0 amide bonds. The molecular formula is C17H18Cl2F2O2. The summed E-state index contributed by atoms with van der Waals surface area (Å²) in [6.45, 7) is 6.72. The molecule has 0 spiro atoms. The van der Waals surface area contributed by atoms with Crippen molar-refractivity contribution in [2.24, 2.45) is 17.3 Å². The SMILES string of the molecule is Cc1c(F)cc(F)c(C)c1COC(=O)[C@@H]1[C@@H](C=C(Cl)Cl)C1(C)C. The second-order valence-electron chi connectivity index (χ2n) is 6.46. The van der Waals surface area contributed by atoms with Gasteiger partial charge in [0, 0.05) is 11.6 Å². The minimum absolute atomic E-state index is 0.105. The largest absolute Gasteiger partial charge is 0.461 e. The highest BCUT2D eigenvalue weighted by Gasteiger charge is 2.61. The number of esters is 1. The Morgan fingerprint density at radius 2 is 1.78 bits per heavy atom. The van der Waals surface area contributed by atoms with Crippen LogP contribution in [0, 0.1) is 42.7 Å². The van der Waals surface area contributed by atoms with Gasteiger partial charge in [-0.2, -0.15) is 0 Å². The second-order valence-corrected chi connectivity index (χ2v) is 7.47. The van der Waals surface area contributed by atoms with Crippen LogP contribution in [0.15, 0.2) is 16.6 Å². The Bertz CT molecular complexity index is 653. The molecule has 0 heterocycles. The third-order valence-electron chi connectivity index (χ3n) is 4.70. The molecule has 23 heavy (non-hydrogen) atoms. The van der Waals surface area contributed by atoms with Gasteiger partial charge >= 0.3 is 5.97 Å². The first kappa shape index (κ1) is 18.2. The van der Waals surface area contributed by atoms with Crippen LogP contribution in [-0.4, -0.2) is 5.97 Å². The van der Waals surface area contributed by atoms with Crippen LogP contribution in [0.3, 0.4) is 0 Å². The lowest BCUT2D eigenvalue weighted by atomic mass is 10.0. The predicted octanol–water partition coefficient (Wildman–Crippen LogP) is 5.22. The van der Waals surface area contributed by atoms with E-state index in [4.69, 9.17) is 27.9 Å². The van der Waals surface area contributed by atoms with Crippen molar-refractivity contribution in [3.63, 3.8) is 0 Å². The minimum atomic E-state index is -0.652.